The van der Waals surface area contributed by atoms with Crippen LogP contribution in [0.2, 0.25) is 0 Å². The number of ether oxygens (including phenoxy) is 1. The number of carbonyl (C=O) groups is 1. The summed E-state index contributed by atoms with van der Waals surface area (Å²) in [6.07, 6.45) is 2.18. The summed E-state index contributed by atoms with van der Waals surface area (Å²) in [6.45, 7) is 0. The number of nitrogens with zero attached hydrogens (tertiary/aromatic N) is 1. The average Bonchev–Trinajstić information content (AvgIpc) is 3.18. The van der Waals surface area contributed by atoms with Gasteiger partial charge in [0.1, 0.15) is 5.82 Å². The van der Waals surface area contributed by atoms with E-state index in [0.717, 1.165) is 17.8 Å². The maximum atomic E-state index is 13.9. The molecule has 0 bridgehead atoms. The molecule has 1 aliphatic carbocycles. The second-order valence-electron chi connectivity index (χ2n) is 4.48. The molecule has 1 fully saturated rings. The fourth-order valence-corrected chi connectivity index (χ4v) is 3.15. The van der Waals surface area contributed by atoms with Crippen LogP contribution in [0.1, 0.15) is 34.3 Å². The van der Waals surface area contributed by atoms with Gasteiger partial charge >= 0.3 is 5.97 Å². The lowest BCUT2D eigenvalue weighted by Crippen LogP contribution is -2.04. The summed E-state index contributed by atoms with van der Waals surface area (Å²) >= 11 is 1.39. The lowest BCUT2D eigenvalue weighted by atomic mass is 10.1. The molecule has 0 N–H and O–H groups in total. The van der Waals surface area contributed by atoms with Crippen molar-refractivity contribution in [2.75, 3.05) is 7.11 Å². The van der Waals surface area contributed by atoms with E-state index in [1.807, 2.05) is 0 Å². The predicted octanol–water partition coefficient (Wildman–Crippen LogP) is 3.61. The van der Waals surface area contributed by atoms with Crippen LogP contribution in [0.25, 0.3) is 10.4 Å². The Kier molecular flexibility index (Phi) is 3.06. The lowest BCUT2D eigenvalue weighted by molar-refractivity contribution is 0.0595. The first-order valence-electron chi connectivity index (χ1n) is 6.04. The number of esters is 1. The van der Waals surface area contributed by atoms with Crippen molar-refractivity contribution in [2.24, 2.45) is 0 Å². The van der Waals surface area contributed by atoms with Gasteiger partial charge < -0.3 is 4.74 Å². The maximum absolute atomic E-state index is 13.9. The highest BCUT2D eigenvalue weighted by molar-refractivity contribution is 7.15. The van der Waals surface area contributed by atoms with Crippen molar-refractivity contribution in [2.45, 2.75) is 18.8 Å². The average molecular weight is 277 g/mol. The van der Waals surface area contributed by atoms with Crippen LogP contribution in [0.15, 0.2) is 24.3 Å². The first kappa shape index (κ1) is 12.3. The molecule has 0 aliphatic heterocycles. The van der Waals surface area contributed by atoms with Crippen molar-refractivity contribution in [3.8, 4) is 10.4 Å². The summed E-state index contributed by atoms with van der Waals surface area (Å²) in [5.74, 6) is -0.436. The minimum atomic E-state index is -0.513. The molecule has 5 heteroatoms. The topological polar surface area (TPSA) is 39.2 Å². The number of aromatic nitrogens is 1. The molecule has 0 amide bonds. The first-order valence-corrected chi connectivity index (χ1v) is 6.86. The van der Waals surface area contributed by atoms with Crippen LogP contribution in [-0.2, 0) is 4.74 Å². The quantitative estimate of drug-likeness (QED) is 0.804. The van der Waals surface area contributed by atoms with Crippen LogP contribution in [0.4, 0.5) is 4.39 Å². The Morgan fingerprint density at radius 3 is 2.79 bits per heavy atom. The van der Waals surface area contributed by atoms with E-state index in [9.17, 15) is 9.18 Å². The molecule has 0 spiro atoms. The summed E-state index contributed by atoms with van der Waals surface area (Å²) in [5.41, 5.74) is 0.631. The van der Waals surface area contributed by atoms with Crippen LogP contribution in [-0.4, -0.2) is 18.1 Å². The molecule has 1 aromatic heterocycles. The zero-order valence-corrected chi connectivity index (χ0v) is 11.2. The molecule has 0 radical (unpaired) electrons. The molecule has 19 heavy (non-hydrogen) atoms. The summed E-state index contributed by atoms with van der Waals surface area (Å²) in [7, 11) is 1.31. The molecule has 0 unspecified atom stereocenters. The SMILES string of the molecule is COC(=O)c1nc(C2CC2)sc1-c1ccccc1F. The molecule has 0 atom stereocenters. The van der Waals surface area contributed by atoms with E-state index >= 15 is 0 Å². The van der Waals surface area contributed by atoms with Crippen molar-refractivity contribution in [1.29, 1.82) is 0 Å². The highest BCUT2D eigenvalue weighted by atomic mass is 32.1. The second kappa shape index (κ2) is 4.74. The minimum absolute atomic E-state index is 0.222. The Bertz CT molecular complexity index is 634. The number of hydrogen-bond acceptors (Lipinski definition) is 4. The number of rotatable bonds is 3. The number of carbonyl (C=O) groups excluding carboxylic acids is 1. The van der Waals surface area contributed by atoms with E-state index in [0.29, 0.717) is 16.4 Å². The molecule has 1 aliphatic rings. The number of hydrogen-bond donors (Lipinski definition) is 0. The summed E-state index contributed by atoms with van der Waals surface area (Å²) in [4.78, 5) is 16.7. The number of halogens is 1. The van der Waals surface area contributed by atoms with Crippen molar-refractivity contribution in [3.63, 3.8) is 0 Å². The van der Waals surface area contributed by atoms with Gasteiger partial charge in [0.15, 0.2) is 5.69 Å². The van der Waals surface area contributed by atoms with Gasteiger partial charge in [0.05, 0.1) is 17.0 Å². The highest BCUT2D eigenvalue weighted by Gasteiger charge is 2.31. The lowest BCUT2D eigenvalue weighted by Gasteiger charge is -2.01. The largest absolute Gasteiger partial charge is 0.464 e. The molecular formula is C14H12FNO2S. The molecule has 98 valence electrons. The monoisotopic (exact) mass is 277 g/mol. The fraction of sp³-hybridized carbons (Fsp3) is 0.286. The van der Waals surface area contributed by atoms with E-state index < -0.39 is 5.97 Å². The molecule has 2 aromatic rings. The van der Waals surface area contributed by atoms with Gasteiger partial charge in [-0.25, -0.2) is 14.2 Å². The van der Waals surface area contributed by atoms with Crippen molar-refractivity contribution < 1.29 is 13.9 Å². The maximum Gasteiger partial charge on any atom is 0.358 e. The highest BCUT2D eigenvalue weighted by Crippen LogP contribution is 2.45. The number of thiazole rings is 1. The minimum Gasteiger partial charge on any atom is -0.464 e. The third-order valence-electron chi connectivity index (χ3n) is 3.07. The molecule has 1 heterocycles. The van der Waals surface area contributed by atoms with Gasteiger partial charge in [-0.2, -0.15) is 0 Å². The van der Waals surface area contributed by atoms with Gasteiger partial charge in [-0.1, -0.05) is 18.2 Å². The van der Waals surface area contributed by atoms with Crippen molar-refractivity contribution in [3.05, 3.63) is 40.8 Å². The Hall–Kier alpha value is -1.75. The van der Waals surface area contributed by atoms with Gasteiger partial charge in [-0.15, -0.1) is 11.3 Å². The third kappa shape index (κ3) is 2.26. The van der Waals surface area contributed by atoms with Crippen LogP contribution in [0, 0.1) is 5.82 Å². The van der Waals surface area contributed by atoms with E-state index in [1.165, 1.54) is 24.5 Å². The van der Waals surface area contributed by atoms with Gasteiger partial charge in [0.25, 0.3) is 0 Å². The zero-order chi connectivity index (χ0) is 13.4. The summed E-state index contributed by atoms with van der Waals surface area (Å²) < 4.78 is 18.6. The van der Waals surface area contributed by atoms with Crippen LogP contribution in [0.3, 0.4) is 0 Å². The van der Waals surface area contributed by atoms with Crippen LogP contribution in [0.5, 0.6) is 0 Å². The fourth-order valence-electron chi connectivity index (χ4n) is 1.90. The van der Waals surface area contributed by atoms with E-state index in [4.69, 9.17) is 4.74 Å². The van der Waals surface area contributed by atoms with Crippen LogP contribution < -0.4 is 0 Å². The molecule has 3 nitrogen and oxygen atoms in total. The molecule has 0 saturated heterocycles. The van der Waals surface area contributed by atoms with E-state index in [-0.39, 0.29) is 11.5 Å². The standard InChI is InChI=1S/C14H12FNO2S/c1-18-14(17)11-12(9-4-2-3-5-10(9)15)19-13(16-11)8-6-7-8/h2-5,8H,6-7H2,1H3. The third-order valence-corrected chi connectivity index (χ3v) is 4.32. The molecule has 1 saturated carbocycles. The Morgan fingerprint density at radius 1 is 1.42 bits per heavy atom. The normalized spacial score (nSPS) is 14.4. The Morgan fingerprint density at radius 2 is 2.16 bits per heavy atom. The van der Waals surface area contributed by atoms with Crippen molar-refractivity contribution >= 4 is 17.3 Å². The van der Waals surface area contributed by atoms with Gasteiger partial charge in [0, 0.05) is 11.5 Å². The summed E-state index contributed by atoms with van der Waals surface area (Å²) in [5, 5.41) is 0.902. The predicted molar refractivity (Wildman–Crippen MR) is 70.8 cm³/mol. The zero-order valence-electron chi connectivity index (χ0n) is 10.4. The van der Waals surface area contributed by atoms with Gasteiger partial charge in [0.2, 0.25) is 0 Å². The smallest absolute Gasteiger partial charge is 0.358 e. The first-order chi connectivity index (χ1) is 9.20. The molecule has 1 aromatic carbocycles. The second-order valence-corrected chi connectivity index (χ2v) is 5.51. The van der Waals surface area contributed by atoms with Gasteiger partial charge in [-0.05, 0) is 18.9 Å². The number of methoxy groups -OCH3 is 1. The number of benzene rings is 1. The molecule has 3 rings (SSSR count). The molecular weight excluding hydrogens is 265 g/mol. The van der Waals surface area contributed by atoms with Crippen LogP contribution >= 0.6 is 11.3 Å². The van der Waals surface area contributed by atoms with E-state index in [1.54, 1.807) is 18.2 Å². The summed E-state index contributed by atoms with van der Waals surface area (Å²) in [6, 6.07) is 6.41. The van der Waals surface area contributed by atoms with Gasteiger partial charge in [-0.3, -0.25) is 0 Å². The Balaban J connectivity index is 2.13. The van der Waals surface area contributed by atoms with Crippen molar-refractivity contribution in [1.82, 2.24) is 4.98 Å². The Labute approximate surface area is 114 Å². The van der Waals surface area contributed by atoms with E-state index in [2.05, 4.69) is 4.98 Å².